The molecule has 0 saturated heterocycles. The normalized spacial score (nSPS) is 15.5. The highest BCUT2D eigenvalue weighted by atomic mass is 16.3. The molecule has 3 atom stereocenters. The minimum atomic E-state index is -0.804. The van der Waals surface area contributed by atoms with Gasteiger partial charge >= 0.3 is 0 Å². The lowest BCUT2D eigenvalue weighted by Gasteiger charge is -2.22. The Balaban J connectivity index is 4.49. The fourth-order valence-electron chi connectivity index (χ4n) is 1.35. The van der Waals surface area contributed by atoms with Crippen LogP contribution in [0.2, 0.25) is 0 Å². The van der Waals surface area contributed by atoms with Crippen LogP contribution in [0.25, 0.3) is 0 Å². The minimum Gasteiger partial charge on any atom is -0.396 e. The van der Waals surface area contributed by atoms with Gasteiger partial charge in [0.15, 0.2) is 0 Å². The molecule has 0 aliphatic heterocycles. The maximum atomic E-state index is 11.8. The van der Waals surface area contributed by atoms with Crippen molar-refractivity contribution >= 4 is 17.7 Å². The van der Waals surface area contributed by atoms with Gasteiger partial charge in [-0.1, -0.05) is 20.8 Å². The van der Waals surface area contributed by atoms with E-state index in [0.717, 1.165) is 0 Å². The number of carbonyl (C=O) groups excluding carboxylic acids is 3. The van der Waals surface area contributed by atoms with Gasteiger partial charge in [-0.15, -0.1) is 0 Å². The van der Waals surface area contributed by atoms with Crippen LogP contribution < -0.4 is 16.4 Å². The average Bonchev–Trinajstić information content (AvgIpc) is 2.33. The molecule has 0 aromatic heterocycles. The molecule has 0 aliphatic rings. The van der Waals surface area contributed by atoms with Crippen LogP contribution in [0.15, 0.2) is 0 Å². The Labute approximate surface area is 112 Å². The number of hydrogen-bond donors (Lipinski definition) is 4. The molecule has 5 N–H and O–H groups in total. The predicted octanol–water partition coefficient (Wildman–Crippen LogP) is -1.25. The monoisotopic (exact) mass is 273 g/mol. The Morgan fingerprint density at radius 1 is 1.05 bits per heavy atom. The summed E-state index contributed by atoms with van der Waals surface area (Å²) in [5.41, 5.74) is 5.18. The number of carbonyl (C=O) groups is 3. The SMILES string of the molecule is CC(NC(=O)[C@@H](C)CO)C(=O)NC(C(N)=O)C(C)C. The van der Waals surface area contributed by atoms with Crippen molar-refractivity contribution in [1.29, 1.82) is 0 Å². The number of primary amides is 1. The zero-order valence-electron chi connectivity index (χ0n) is 11.8. The molecule has 3 amide bonds. The van der Waals surface area contributed by atoms with Crippen molar-refractivity contribution in [1.82, 2.24) is 10.6 Å². The summed E-state index contributed by atoms with van der Waals surface area (Å²) in [4.78, 5) is 34.5. The van der Waals surface area contributed by atoms with Crippen LogP contribution in [0.4, 0.5) is 0 Å². The van der Waals surface area contributed by atoms with Crippen molar-refractivity contribution in [3.05, 3.63) is 0 Å². The Bertz CT molecular complexity index is 344. The molecular weight excluding hydrogens is 250 g/mol. The zero-order valence-corrected chi connectivity index (χ0v) is 11.8. The summed E-state index contributed by atoms with van der Waals surface area (Å²) in [6, 6.07) is -1.58. The maximum Gasteiger partial charge on any atom is 0.242 e. The van der Waals surface area contributed by atoms with Crippen LogP contribution in [-0.4, -0.2) is 41.5 Å². The summed E-state index contributed by atoms with van der Waals surface area (Å²) >= 11 is 0. The third-order valence-corrected chi connectivity index (χ3v) is 2.74. The molecule has 0 saturated carbocycles. The largest absolute Gasteiger partial charge is 0.396 e. The third kappa shape index (κ3) is 5.69. The number of aliphatic hydroxyl groups excluding tert-OH is 1. The van der Waals surface area contributed by atoms with Crippen molar-refractivity contribution in [3.63, 3.8) is 0 Å². The number of nitrogens with two attached hydrogens (primary N) is 1. The van der Waals surface area contributed by atoms with Gasteiger partial charge in [0.1, 0.15) is 12.1 Å². The standard InChI is InChI=1S/C12H23N3O4/c1-6(2)9(10(13)17)15-12(19)8(4)14-11(18)7(3)5-16/h6-9,16H,5H2,1-4H3,(H2,13,17)(H,14,18)(H,15,19)/t7-,8?,9?/m0/s1. The van der Waals surface area contributed by atoms with Crippen LogP contribution in [0.5, 0.6) is 0 Å². The van der Waals surface area contributed by atoms with E-state index in [9.17, 15) is 14.4 Å². The quantitative estimate of drug-likeness (QED) is 0.463. The summed E-state index contributed by atoms with van der Waals surface area (Å²) in [5, 5.41) is 13.8. The van der Waals surface area contributed by atoms with Gasteiger partial charge in [-0.3, -0.25) is 14.4 Å². The Kier molecular flexibility index (Phi) is 7.06. The molecule has 0 rings (SSSR count). The number of hydrogen-bond acceptors (Lipinski definition) is 4. The second-order valence-electron chi connectivity index (χ2n) is 4.95. The van der Waals surface area contributed by atoms with Crippen LogP contribution in [0, 0.1) is 11.8 Å². The van der Waals surface area contributed by atoms with Crippen molar-refractivity contribution in [2.75, 3.05) is 6.61 Å². The number of rotatable bonds is 7. The smallest absolute Gasteiger partial charge is 0.242 e. The lowest BCUT2D eigenvalue weighted by atomic mass is 10.0. The maximum absolute atomic E-state index is 11.8. The van der Waals surface area contributed by atoms with Crippen molar-refractivity contribution in [2.45, 2.75) is 39.8 Å². The molecule has 0 aromatic rings. The van der Waals surface area contributed by atoms with Crippen molar-refractivity contribution in [3.8, 4) is 0 Å². The molecular formula is C12H23N3O4. The first-order valence-electron chi connectivity index (χ1n) is 6.21. The van der Waals surface area contributed by atoms with E-state index in [1.807, 2.05) is 0 Å². The minimum absolute atomic E-state index is 0.138. The van der Waals surface area contributed by atoms with E-state index in [4.69, 9.17) is 10.8 Å². The van der Waals surface area contributed by atoms with Crippen molar-refractivity contribution < 1.29 is 19.5 Å². The Hall–Kier alpha value is -1.63. The molecule has 0 fully saturated rings. The summed E-state index contributed by atoms with van der Waals surface area (Å²) < 4.78 is 0. The summed E-state index contributed by atoms with van der Waals surface area (Å²) in [6.45, 7) is 6.26. The topological polar surface area (TPSA) is 122 Å². The first-order valence-corrected chi connectivity index (χ1v) is 6.21. The van der Waals surface area contributed by atoms with E-state index >= 15 is 0 Å². The number of amides is 3. The van der Waals surface area contributed by atoms with Gasteiger partial charge in [0.25, 0.3) is 0 Å². The highest BCUT2D eigenvalue weighted by molar-refractivity contribution is 5.91. The fraction of sp³-hybridized carbons (Fsp3) is 0.750. The van der Waals surface area contributed by atoms with Gasteiger partial charge in [0.05, 0.1) is 12.5 Å². The lowest BCUT2D eigenvalue weighted by molar-refractivity contribution is -0.133. The molecule has 0 aromatic carbocycles. The second-order valence-corrected chi connectivity index (χ2v) is 4.95. The molecule has 19 heavy (non-hydrogen) atoms. The average molecular weight is 273 g/mol. The molecule has 0 heterocycles. The van der Waals surface area contributed by atoms with Crippen LogP contribution in [-0.2, 0) is 14.4 Å². The van der Waals surface area contributed by atoms with E-state index in [-0.39, 0.29) is 12.5 Å². The van der Waals surface area contributed by atoms with Gasteiger partial charge in [-0.2, -0.15) is 0 Å². The van der Waals surface area contributed by atoms with Crippen molar-refractivity contribution in [2.24, 2.45) is 17.6 Å². The number of nitrogens with one attached hydrogen (secondary N) is 2. The first-order chi connectivity index (χ1) is 8.70. The first kappa shape index (κ1) is 17.4. The molecule has 0 radical (unpaired) electrons. The molecule has 0 bridgehead atoms. The molecule has 110 valence electrons. The summed E-state index contributed by atoms with van der Waals surface area (Å²) in [7, 11) is 0. The van der Waals surface area contributed by atoms with E-state index in [0.29, 0.717) is 0 Å². The molecule has 7 nitrogen and oxygen atoms in total. The summed E-state index contributed by atoms with van der Waals surface area (Å²) in [6.07, 6.45) is 0. The van der Waals surface area contributed by atoms with E-state index in [1.54, 1.807) is 20.8 Å². The molecule has 7 heteroatoms. The van der Waals surface area contributed by atoms with E-state index in [1.165, 1.54) is 6.92 Å². The Morgan fingerprint density at radius 2 is 1.58 bits per heavy atom. The lowest BCUT2D eigenvalue weighted by Crippen LogP contribution is -2.54. The Morgan fingerprint density at radius 3 is 1.95 bits per heavy atom. The van der Waals surface area contributed by atoms with E-state index < -0.39 is 35.7 Å². The van der Waals surface area contributed by atoms with Gasteiger partial charge in [0.2, 0.25) is 17.7 Å². The van der Waals surface area contributed by atoms with Crippen LogP contribution in [0.1, 0.15) is 27.7 Å². The summed E-state index contributed by atoms with van der Waals surface area (Å²) in [5.74, 6) is -2.26. The van der Waals surface area contributed by atoms with Gasteiger partial charge < -0.3 is 21.5 Å². The highest BCUT2D eigenvalue weighted by Crippen LogP contribution is 2.01. The van der Waals surface area contributed by atoms with Gasteiger partial charge in [-0.05, 0) is 12.8 Å². The molecule has 2 unspecified atom stereocenters. The predicted molar refractivity (Wildman–Crippen MR) is 69.8 cm³/mol. The third-order valence-electron chi connectivity index (χ3n) is 2.74. The highest BCUT2D eigenvalue weighted by Gasteiger charge is 2.25. The van der Waals surface area contributed by atoms with Crippen LogP contribution >= 0.6 is 0 Å². The van der Waals surface area contributed by atoms with Crippen LogP contribution in [0.3, 0.4) is 0 Å². The fourth-order valence-corrected chi connectivity index (χ4v) is 1.35. The molecule has 0 spiro atoms. The molecule has 0 aliphatic carbocycles. The van der Waals surface area contributed by atoms with Gasteiger partial charge in [-0.25, -0.2) is 0 Å². The number of aliphatic hydroxyl groups is 1. The van der Waals surface area contributed by atoms with Gasteiger partial charge in [0, 0.05) is 0 Å². The zero-order chi connectivity index (χ0) is 15.2. The second kappa shape index (κ2) is 7.73. The van der Waals surface area contributed by atoms with E-state index in [2.05, 4.69) is 10.6 Å².